The fourth-order valence-corrected chi connectivity index (χ4v) is 13.8. The highest BCUT2D eigenvalue weighted by Crippen LogP contribution is 2.43. The third kappa shape index (κ3) is 19.0. The van der Waals surface area contributed by atoms with Crippen molar-refractivity contribution in [3.63, 3.8) is 0 Å². The fraction of sp³-hybridized carbons (Fsp3) is 0.559. The van der Waals surface area contributed by atoms with Gasteiger partial charge in [0.1, 0.15) is 41.1 Å². The van der Waals surface area contributed by atoms with Crippen molar-refractivity contribution in [2.75, 3.05) is 104 Å². The van der Waals surface area contributed by atoms with E-state index in [-0.39, 0.29) is 109 Å². The minimum absolute atomic E-state index is 0.0411. The number of hydrogen-bond acceptors (Lipinski definition) is 16. The van der Waals surface area contributed by atoms with Gasteiger partial charge in [-0.2, -0.15) is 0 Å². The molecule has 0 radical (unpaired) electrons. The molecule has 19 nitrogen and oxygen atoms in total. The lowest BCUT2D eigenvalue weighted by Gasteiger charge is -2.30. The molecule has 0 saturated carbocycles. The number of carbonyl (C=O) groups is 2. The molecule has 0 bridgehead atoms. The number of β-amino-alcohol motifs (C(OH)–C–C–N with tert-alkyl or cyclic N) is 2. The van der Waals surface area contributed by atoms with Crippen molar-refractivity contribution in [2.45, 2.75) is 117 Å². The Morgan fingerprint density at radius 3 is 1.57 bits per heavy atom. The van der Waals surface area contributed by atoms with Crippen molar-refractivity contribution >= 4 is 54.9 Å². The molecule has 5 N–H and O–H groups in total. The predicted octanol–water partition coefficient (Wildman–Crippen LogP) is 6.91. The molecule has 4 aromatic carbocycles. The molecule has 0 spiro atoms. The van der Waals surface area contributed by atoms with Crippen molar-refractivity contribution in [1.82, 2.24) is 25.2 Å². The molecule has 0 aromatic heterocycles. The number of rotatable bonds is 35. The molecular formula is C59H77Cl2F2N5O14S2. The van der Waals surface area contributed by atoms with E-state index in [1.807, 2.05) is 0 Å². The van der Waals surface area contributed by atoms with E-state index >= 15 is 0 Å². The van der Waals surface area contributed by atoms with Crippen LogP contribution in [0.3, 0.4) is 0 Å². The van der Waals surface area contributed by atoms with Gasteiger partial charge >= 0.3 is 6.03 Å². The Hall–Kier alpha value is -4.60. The predicted molar refractivity (Wildman–Crippen MR) is 311 cm³/mol. The number of sulfonamides is 1. The van der Waals surface area contributed by atoms with Gasteiger partial charge in [-0.15, -0.1) is 0 Å². The number of aliphatic hydroxyl groups excluding tert-OH is 2. The van der Waals surface area contributed by atoms with Crippen LogP contribution in [0.2, 0.25) is 10.0 Å². The number of fused-ring (bicyclic) bond motifs is 2. The summed E-state index contributed by atoms with van der Waals surface area (Å²) in [7, 11) is -7.45. The number of benzene rings is 4. The zero-order chi connectivity index (χ0) is 59.6. The highest BCUT2D eigenvalue weighted by molar-refractivity contribution is 7.91. The summed E-state index contributed by atoms with van der Waals surface area (Å²) in [6, 6.07) is 17.4. The number of ether oxygens (including phenoxy) is 6. The number of sulfone groups is 1. The van der Waals surface area contributed by atoms with Gasteiger partial charge in [0.15, 0.2) is 9.84 Å². The van der Waals surface area contributed by atoms with E-state index in [4.69, 9.17) is 51.6 Å². The average Bonchev–Trinajstić information content (AvgIpc) is 3.45. The molecule has 0 unspecified atom stereocenters. The normalized spacial score (nSPS) is 20.7. The Morgan fingerprint density at radius 2 is 1.05 bits per heavy atom. The van der Waals surface area contributed by atoms with Gasteiger partial charge in [-0.05, 0) is 135 Å². The minimum atomic E-state index is -3.84. The van der Waals surface area contributed by atoms with Gasteiger partial charge < -0.3 is 49.3 Å². The SMILES string of the molecule is O=C(CCCCCNC(=O)NCCOCCOCCCS(=O)(=O)c1ccc(O[C@H]2c3cc(Cl)cc(F)c3C[C@@H]2N2CC[C@@H](O)C2)cc1)CCCOCCOCCNS(=O)(=O)c1ccc(O[C@H]2c3cc(Cl)cc(F)c3C[C@@H]2N2CC[C@@H](O)C2)cc1. The van der Waals surface area contributed by atoms with E-state index in [0.717, 1.165) is 12.8 Å². The van der Waals surface area contributed by atoms with Crippen LogP contribution in [0.1, 0.15) is 92.2 Å². The van der Waals surface area contributed by atoms with Crippen LogP contribution in [-0.4, -0.2) is 177 Å². The smallest absolute Gasteiger partial charge is 0.314 e. The Bertz CT molecular complexity index is 2830. The standard InChI is InChI=1S/C59H77Cl2F2N5O14S2/c60-40-32-51-49(53(62)34-40)36-55(67-21-16-43(70)38-67)57(51)81-45-8-12-47(13-9-45)83(73,74)31-5-24-78-28-29-79-25-19-65-59(72)64-18-3-1-2-6-42(69)7-4-23-77-27-30-80-26-20-66-84(75,76)48-14-10-46(11-15-48)82-58-52-33-41(61)35-54(63)50(52)37-56(58)68-22-17-44(71)39-68/h8-15,32-35,43-44,55-58,66,70-71H,1-7,16-31,36-39H2,(H2,64,65,72)/t43-,44-,55+,56+,57+,58+/m1/s1. The zero-order valence-electron chi connectivity index (χ0n) is 47.0. The first kappa shape index (κ1) is 65.4. The van der Waals surface area contributed by atoms with Crippen LogP contribution in [0.5, 0.6) is 11.5 Å². The second-order valence-corrected chi connectivity index (χ2v) is 26.3. The molecule has 4 aliphatic rings. The molecule has 25 heteroatoms. The van der Waals surface area contributed by atoms with Crippen LogP contribution < -0.4 is 24.8 Å². The van der Waals surface area contributed by atoms with Crippen molar-refractivity contribution in [3.05, 3.63) is 117 Å². The lowest BCUT2D eigenvalue weighted by molar-refractivity contribution is -0.119. The molecule has 2 aliphatic carbocycles. The Kier molecular flexibility index (Phi) is 24.8. The summed E-state index contributed by atoms with van der Waals surface area (Å²) < 4.78 is 119. The highest BCUT2D eigenvalue weighted by atomic mass is 35.5. The summed E-state index contributed by atoms with van der Waals surface area (Å²) in [5, 5.41) is 26.4. The van der Waals surface area contributed by atoms with Gasteiger partial charge in [0.2, 0.25) is 10.0 Å². The number of Topliss-reactive ketones (excluding diaryl/α,β-unsaturated/α-hetero) is 1. The number of nitrogens with zero attached hydrogens (tertiary/aromatic N) is 2. The second-order valence-electron chi connectivity index (χ2n) is 21.5. The molecule has 4 aromatic rings. The number of unbranched alkanes of at least 4 members (excludes halogenated alkanes) is 2. The maximum atomic E-state index is 14.9. The molecule has 2 fully saturated rings. The molecule has 462 valence electrons. The first-order valence-corrected chi connectivity index (χ1v) is 32.7. The third-order valence-electron chi connectivity index (χ3n) is 15.4. The first-order chi connectivity index (χ1) is 40.4. The van der Waals surface area contributed by atoms with Gasteiger partial charge in [-0.25, -0.2) is 35.1 Å². The summed E-state index contributed by atoms with van der Waals surface area (Å²) in [6.07, 6.45) is 3.92. The van der Waals surface area contributed by atoms with Gasteiger partial charge in [-0.3, -0.25) is 14.6 Å². The van der Waals surface area contributed by atoms with Crippen LogP contribution in [0.25, 0.3) is 0 Å². The number of hydrogen-bond donors (Lipinski definition) is 5. The zero-order valence-corrected chi connectivity index (χ0v) is 50.1. The largest absolute Gasteiger partial charge is 0.484 e. The summed E-state index contributed by atoms with van der Waals surface area (Å²) in [5.41, 5.74) is 2.34. The number of urea groups is 1. The Labute approximate surface area is 500 Å². The first-order valence-electron chi connectivity index (χ1n) is 28.8. The second kappa shape index (κ2) is 31.9. The average molecular weight is 1250 g/mol. The quantitative estimate of drug-likeness (QED) is 0.0294. The van der Waals surface area contributed by atoms with E-state index in [0.29, 0.717) is 131 Å². The third-order valence-corrected chi connectivity index (χ3v) is 19.1. The number of halogens is 4. The topological polar surface area (TPSA) is 241 Å². The molecule has 6 atom stereocenters. The van der Waals surface area contributed by atoms with E-state index in [9.17, 15) is 45.4 Å². The van der Waals surface area contributed by atoms with E-state index in [1.165, 1.54) is 36.4 Å². The van der Waals surface area contributed by atoms with E-state index < -0.39 is 55.9 Å². The van der Waals surface area contributed by atoms with E-state index in [1.54, 1.807) is 36.4 Å². The summed E-state index contributed by atoms with van der Waals surface area (Å²) in [6.45, 7) is 5.08. The maximum Gasteiger partial charge on any atom is 0.314 e. The van der Waals surface area contributed by atoms with Crippen molar-refractivity contribution < 1.29 is 73.8 Å². The summed E-state index contributed by atoms with van der Waals surface area (Å²) in [4.78, 5) is 28.9. The molecule has 84 heavy (non-hydrogen) atoms. The number of amides is 2. The minimum Gasteiger partial charge on any atom is -0.484 e. The Balaban J connectivity index is 0.576. The van der Waals surface area contributed by atoms with Gasteiger partial charge in [-0.1, -0.05) is 29.6 Å². The lowest BCUT2D eigenvalue weighted by Crippen LogP contribution is -2.39. The van der Waals surface area contributed by atoms with Crippen LogP contribution >= 0.6 is 23.2 Å². The number of nitrogens with one attached hydrogen (secondary N) is 3. The molecule has 8 rings (SSSR count). The highest BCUT2D eigenvalue weighted by Gasteiger charge is 2.44. The van der Waals surface area contributed by atoms with Crippen LogP contribution in [0, 0.1) is 11.6 Å². The Morgan fingerprint density at radius 1 is 0.571 bits per heavy atom. The molecule has 2 amide bonds. The van der Waals surface area contributed by atoms with Crippen LogP contribution in [0.4, 0.5) is 13.6 Å². The monoisotopic (exact) mass is 1250 g/mol. The number of aliphatic hydroxyl groups is 2. The number of likely N-dealkylation sites (tertiary alicyclic amines) is 2. The van der Waals surface area contributed by atoms with Crippen molar-refractivity contribution in [3.8, 4) is 11.5 Å². The molecule has 2 saturated heterocycles. The lowest BCUT2D eigenvalue weighted by atomic mass is 10.1. The number of ketones is 1. The van der Waals surface area contributed by atoms with Crippen LogP contribution in [-0.2, 0) is 56.4 Å². The molecular weight excluding hydrogens is 1180 g/mol. The van der Waals surface area contributed by atoms with Gasteiger partial charge in [0.05, 0.1) is 79.5 Å². The maximum absolute atomic E-state index is 14.9. The summed E-state index contributed by atoms with van der Waals surface area (Å²) >= 11 is 12.4. The fourth-order valence-electron chi connectivity index (χ4n) is 11.1. The van der Waals surface area contributed by atoms with Gasteiger partial charge in [0, 0.05) is 93.0 Å². The van der Waals surface area contributed by atoms with Gasteiger partial charge in [0.25, 0.3) is 0 Å². The molecule has 2 aliphatic heterocycles. The number of carbonyl (C=O) groups excluding carboxylic acids is 2. The summed E-state index contributed by atoms with van der Waals surface area (Å²) in [5.74, 6) is 0.0623. The van der Waals surface area contributed by atoms with Crippen LogP contribution in [0.15, 0.2) is 82.6 Å². The van der Waals surface area contributed by atoms with Crippen molar-refractivity contribution in [1.29, 1.82) is 0 Å². The molecule has 2 heterocycles. The van der Waals surface area contributed by atoms with Crippen molar-refractivity contribution in [2.24, 2.45) is 0 Å². The van der Waals surface area contributed by atoms with E-state index in [2.05, 4.69) is 25.2 Å².